The summed E-state index contributed by atoms with van der Waals surface area (Å²) in [5, 5.41) is 12.3. The van der Waals surface area contributed by atoms with Gasteiger partial charge in [0.1, 0.15) is 10.8 Å². The Morgan fingerprint density at radius 3 is 2.52 bits per heavy atom. The summed E-state index contributed by atoms with van der Waals surface area (Å²) in [6.07, 6.45) is 0.578. The van der Waals surface area contributed by atoms with Gasteiger partial charge in [0.05, 0.1) is 20.3 Å². The van der Waals surface area contributed by atoms with Gasteiger partial charge in [0.2, 0.25) is 5.13 Å². The van der Waals surface area contributed by atoms with E-state index >= 15 is 0 Å². The summed E-state index contributed by atoms with van der Waals surface area (Å²) in [6, 6.07) is 12.8. The van der Waals surface area contributed by atoms with Gasteiger partial charge in [-0.05, 0) is 38.1 Å². The number of para-hydroxylation sites is 1. The van der Waals surface area contributed by atoms with E-state index in [1.165, 1.54) is 11.3 Å². The lowest BCUT2D eigenvalue weighted by atomic mass is 10.1. The average Bonchev–Trinajstić information content (AvgIpc) is 3.16. The fourth-order valence-corrected chi connectivity index (χ4v) is 3.51. The molecule has 1 N–H and O–H groups in total. The number of rotatable bonds is 9. The van der Waals surface area contributed by atoms with Gasteiger partial charge in [0.25, 0.3) is 5.91 Å². The predicted octanol–water partition coefficient (Wildman–Crippen LogP) is 4.19. The standard InChI is InChI=1S/C21H23N3O4S/c1-4-27-17-11-10-15(12-18(17)28-5-2)20(25)22-21-24-23-19(29-21)13-14-8-6-7-9-16(14)26-3/h6-12H,4-5,13H2,1-3H3,(H,22,24,25). The number of ether oxygens (including phenoxy) is 3. The van der Waals surface area contributed by atoms with Crippen molar-refractivity contribution in [2.24, 2.45) is 0 Å². The van der Waals surface area contributed by atoms with Gasteiger partial charge in [-0.3, -0.25) is 10.1 Å². The Kier molecular flexibility index (Phi) is 7.02. The van der Waals surface area contributed by atoms with Crippen molar-refractivity contribution in [3.8, 4) is 17.2 Å². The van der Waals surface area contributed by atoms with Crippen LogP contribution in [0, 0.1) is 0 Å². The van der Waals surface area contributed by atoms with Gasteiger partial charge in [-0.15, -0.1) is 10.2 Å². The molecule has 7 nitrogen and oxygen atoms in total. The third kappa shape index (κ3) is 5.23. The highest BCUT2D eigenvalue weighted by Crippen LogP contribution is 2.29. The number of carbonyl (C=O) groups is 1. The topological polar surface area (TPSA) is 82.6 Å². The molecule has 3 rings (SSSR count). The summed E-state index contributed by atoms with van der Waals surface area (Å²) in [4.78, 5) is 12.6. The number of aromatic nitrogens is 2. The summed E-state index contributed by atoms with van der Waals surface area (Å²) in [5.41, 5.74) is 1.47. The summed E-state index contributed by atoms with van der Waals surface area (Å²) in [6.45, 7) is 4.78. The molecule has 1 heterocycles. The van der Waals surface area contributed by atoms with Crippen LogP contribution in [-0.4, -0.2) is 36.4 Å². The number of nitrogens with zero attached hydrogens (tertiary/aromatic N) is 2. The van der Waals surface area contributed by atoms with Gasteiger partial charge in [0, 0.05) is 17.5 Å². The van der Waals surface area contributed by atoms with Gasteiger partial charge in [-0.1, -0.05) is 29.5 Å². The zero-order valence-corrected chi connectivity index (χ0v) is 17.4. The maximum Gasteiger partial charge on any atom is 0.257 e. The molecule has 0 spiro atoms. The lowest BCUT2D eigenvalue weighted by molar-refractivity contribution is 0.102. The SMILES string of the molecule is CCOc1ccc(C(=O)Nc2nnc(Cc3ccccc3OC)s2)cc1OCC. The Balaban J connectivity index is 1.71. The first-order chi connectivity index (χ1) is 14.1. The van der Waals surface area contributed by atoms with Gasteiger partial charge >= 0.3 is 0 Å². The van der Waals surface area contributed by atoms with Crippen LogP contribution in [0.1, 0.15) is 34.8 Å². The molecule has 0 bridgehead atoms. The van der Waals surface area contributed by atoms with Crippen molar-refractivity contribution in [3.63, 3.8) is 0 Å². The van der Waals surface area contributed by atoms with E-state index < -0.39 is 0 Å². The molecule has 0 aliphatic heterocycles. The van der Waals surface area contributed by atoms with E-state index in [1.54, 1.807) is 25.3 Å². The van der Waals surface area contributed by atoms with E-state index in [1.807, 2.05) is 38.1 Å². The summed E-state index contributed by atoms with van der Waals surface area (Å²) in [7, 11) is 1.64. The molecule has 0 saturated heterocycles. The quantitative estimate of drug-likeness (QED) is 0.566. The first-order valence-corrected chi connectivity index (χ1v) is 10.1. The lowest BCUT2D eigenvalue weighted by Crippen LogP contribution is -2.12. The number of amides is 1. The molecule has 0 unspecified atom stereocenters. The molecule has 0 aliphatic rings. The van der Waals surface area contributed by atoms with Crippen molar-refractivity contribution in [3.05, 3.63) is 58.6 Å². The Morgan fingerprint density at radius 2 is 1.76 bits per heavy atom. The van der Waals surface area contributed by atoms with Gasteiger partial charge in [0.15, 0.2) is 11.5 Å². The van der Waals surface area contributed by atoms with E-state index in [9.17, 15) is 4.79 Å². The normalized spacial score (nSPS) is 10.4. The highest BCUT2D eigenvalue weighted by molar-refractivity contribution is 7.15. The van der Waals surface area contributed by atoms with Crippen LogP contribution < -0.4 is 19.5 Å². The van der Waals surface area contributed by atoms with Crippen molar-refractivity contribution in [2.45, 2.75) is 20.3 Å². The van der Waals surface area contributed by atoms with Crippen LogP contribution in [0.4, 0.5) is 5.13 Å². The van der Waals surface area contributed by atoms with Gasteiger partial charge < -0.3 is 14.2 Å². The first kappa shape index (κ1) is 20.6. The first-order valence-electron chi connectivity index (χ1n) is 9.29. The van der Waals surface area contributed by atoms with Crippen molar-refractivity contribution < 1.29 is 19.0 Å². The molecule has 29 heavy (non-hydrogen) atoms. The molecule has 1 aromatic heterocycles. The maximum atomic E-state index is 12.6. The fraction of sp³-hybridized carbons (Fsp3) is 0.286. The second-order valence-electron chi connectivity index (χ2n) is 5.97. The number of hydrogen-bond acceptors (Lipinski definition) is 7. The monoisotopic (exact) mass is 413 g/mol. The molecule has 152 valence electrons. The number of methoxy groups -OCH3 is 1. The molecular weight excluding hydrogens is 390 g/mol. The zero-order chi connectivity index (χ0) is 20.6. The Bertz CT molecular complexity index is 974. The molecule has 0 saturated carbocycles. The molecular formula is C21H23N3O4S. The minimum absolute atomic E-state index is 0.283. The number of nitrogens with one attached hydrogen (secondary N) is 1. The van der Waals surface area contributed by atoms with Crippen LogP contribution in [0.15, 0.2) is 42.5 Å². The van der Waals surface area contributed by atoms with Crippen LogP contribution in [0.5, 0.6) is 17.2 Å². The highest BCUT2D eigenvalue weighted by Gasteiger charge is 2.15. The molecule has 3 aromatic rings. The van der Waals surface area contributed by atoms with Crippen LogP contribution >= 0.6 is 11.3 Å². The number of anilines is 1. The van der Waals surface area contributed by atoms with Crippen molar-refractivity contribution >= 4 is 22.4 Å². The molecule has 0 atom stereocenters. The number of benzene rings is 2. The van der Waals surface area contributed by atoms with Gasteiger partial charge in [-0.25, -0.2) is 0 Å². The fourth-order valence-electron chi connectivity index (χ4n) is 2.75. The van der Waals surface area contributed by atoms with Crippen molar-refractivity contribution in [1.82, 2.24) is 10.2 Å². The molecule has 1 amide bonds. The molecule has 2 aromatic carbocycles. The van der Waals surface area contributed by atoms with E-state index in [0.29, 0.717) is 41.8 Å². The maximum absolute atomic E-state index is 12.6. The summed E-state index contributed by atoms with van der Waals surface area (Å²) < 4.78 is 16.5. The van der Waals surface area contributed by atoms with Crippen LogP contribution in [0.2, 0.25) is 0 Å². The minimum atomic E-state index is -0.283. The summed E-state index contributed by atoms with van der Waals surface area (Å²) in [5.74, 6) is 1.66. The van der Waals surface area contributed by atoms with Gasteiger partial charge in [-0.2, -0.15) is 0 Å². The minimum Gasteiger partial charge on any atom is -0.496 e. The molecule has 0 radical (unpaired) electrons. The third-order valence-electron chi connectivity index (χ3n) is 4.03. The highest BCUT2D eigenvalue weighted by atomic mass is 32.1. The van der Waals surface area contributed by atoms with Crippen LogP contribution in [-0.2, 0) is 6.42 Å². The third-order valence-corrected chi connectivity index (χ3v) is 4.87. The lowest BCUT2D eigenvalue weighted by Gasteiger charge is -2.12. The van der Waals surface area contributed by atoms with E-state index in [0.717, 1.165) is 16.3 Å². The zero-order valence-electron chi connectivity index (χ0n) is 16.6. The Labute approximate surface area is 173 Å². The van der Waals surface area contributed by atoms with E-state index in [4.69, 9.17) is 14.2 Å². The number of carbonyl (C=O) groups excluding carboxylic acids is 1. The average molecular weight is 413 g/mol. The molecule has 8 heteroatoms. The Hall–Kier alpha value is -3.13. The predicted molar refractivity (Wildman–Crippen MR) is 112 cm³/mol. The summed E-state index contributed by atoms with van der Waals surface area (Å²) >= 11 is 1.33. The Morgan fingerprint density at radius 1 is 1.00 bits per heavy atom. The largest absolute Gasteiger partial charge is 0.496 e. The van der Waals surface area contributed by atoms with Crippen LogP contribution in [0.3, 0.4) is 0 Å². The van der Waals surface area contributed by atoms with E-state index in [-0.39, 0.29) is 5.91 Å². The molecule has 0 aliphatic carbocycles. The number of hydrogen-bond donors (Lipinski definition) is 1. The second kappa shape index (κ2) is 9.88. The molecule has 0 fully saturated rings. The van der Waals surface area contributed by atoms with E-state index in [2.05, 4.69) is 15.5 Å². The van der Waals surface area contributed by atoms with Crippen LogP contribution in [0.25, 0.3) is 0 Å². The van der Waals surface area contributed by atoms with Crippen molar-refractivity contribution in [2.75, 3.05) is 25.6 Å². The van der Waals surface area contributed by atoms with Crippen molar-refractivity contribution in [1.29, 1.82) is 0 Å². The second-order valence-corrected chi connectivity index (χ2v) is 7.03. The smallest absolute Gasteiger partial charge is 0.257 e.